The van der Waals surface area contributed by atoms with Crippen molar-refractivity contribution in [2.45, 2.75) is 69.2 Å². The second-order valence-electron chi connectivity index (χ2n) is 12.3. The van der Waals surface area contributed by atoms with E-state index in [9.17, 15) is 13.6 Å². The summed E-state index contributed by atoms with van der Waals surface area (Å²) in [6, 6.07) is 5.50. The van der Waals surface area contributed by atoms with Crippen LogP contribution in [0.4, 0.5) is 14.6 Å². The molecule has 4 aromatic rings. The number of nitrogens with zero attached hydrogens (tertiary/aromatic N) is 8. The lowest BCUT2D eigenvalue weighted by atomic mass is 9.61. The number of fused-ring (bicyclic) bond motifs is 1. The second kappa shape index (κ2) is 9.64. The van der Waals surface area contributed by atoms with Gasteiger partial charge in [0.25, 0.3) is 11.8 Å². The molecule has 5 heterocycles. The van der Waals surface area contributed by atoms with Gasteiger partial charge in [-0.05, 0) is 67.5 Å². The molecule has 12 heteroatoms. The fourth-order valence-electron chi connectivity index (χ4n) is 6.64. The van der Waals surface area contributed by atoms with E-state index in [-0.39, 0.29) is 24.7 Å². The summed E-state index contributed by atoms with van der Waals surface area (Å²) in [5.41, 5.74) is 2.30. The minimum atomic E-state index is -2.80. The Balaban J connectivity index is 1.23. The van der Waals surface area contributed by atoms with Gasteiger partial charge in [-0.1, -0.05) is 6.92 Å². The Labute approximate surface area is 236 Å². The Morgan fingerprint density at radius 2 is 1.90 bits per heavy atom. The normalized spacial score (nSPS) is 22.0. The van der Waals surface area contributed by atoms with Gasteiger partial charge >= 0.3 is 0 Å². The van der Waals surface area contributed by atoms with Crippen molar-refractivity contribution in [3.05, 3.63) is 65.3 Å². The maximum atomic E-state index is 14.4. The standard InChI is InChI=1S/C29H33F2N9O/c1-18-4-3-7-39(11-18)12-19-8-22(25-36-33-17-40(25)13-19)26(41)35-24-10-21(9-23(34-24)20-5-6-20)28(14-29(30,31)15-28)27-37-32-16-38(27)2/h8-10,13,16-18,20H,3-7,11-12,14-15H2,1-2H3,(H,34,35,41)/t18-/m0/s1. The second-order valence-corrected chi connectivity index (χ2v) is 12.3. The summed E-state index contributed by atoms with van der Waals surface area (Å²) in [6.07, 6.45) is 8.72. The Kier molecular flexibility index (Phi) is 6.14. The molecule has 0 unspecified atom stereocenters. The first-order valence-corrected chi connectivity index (χ1v) is 14.3. The summed E-state index contributed by atoms with van der Waals surface area (Å²) in [5.74, 6) is -1.46. The number of likely N-dealkylation sites (tertiary alicyclic amines) is 1. The Bertz CT molecular complexity index is 1620. The highest BCUT2D eigenvalue weighted by Crippen LogP contribution is 2.57. The summed E-state index contributed by atoms with van der Waals surface area (Å²) in [5, 5.41) is 19.4. The van der Waals surface area contributed by atoms with Gasteiger partial charge in [-0.3, -0.25) is 14.1 Å². The predicted molar refractivity (Wildman–Crippen MR) is 147 cm³/mol. The van der Waals surface area contributed by atoms with Gasteiger partial charge in [0, 0.05) is 50.8 Å². The molecule has 0 aromatic carbocycles. The van der Waals surface area contributed by atoms with Crippen LogP contribution in [0.2, 0.25) is 0 Å². The molecule has 1 amide bonds. The number of carbonyl (C=O) groups excluding carboxylic acids is 1. The van der Waals surface area contributed by atoms with E-state index >= 15 is 0 Å². The average molecular weight is 562 g/mol. The Morgan fingerprint density at radius 3 is 2.61 bits per heavy atom. The third-order valence-corrected chi connectivity index (χ3v) is 8.74. The molecule has 10 nitrogen and oxygen atoms in total. The number of carbonyl (C=O) groups is 1. The van der Waals surface area contributed by atoms with E-state index in [0.29, 0.717) is 34.3 Å². The smallest absolute Gasteiger partial charge is 0.260 e. The molecule has 41 heavy (non-hydrogen) atoms. The summed E-state index contributed by atoms with van der Waals surface area (Å²) in [7, 11) is 1.76. The quantitative estimate of drug-likeness (QED) is 0.358. The number of amides is 1. The predicted octanol–water partition coefficient (Wildman–Crippen LogP) is 4.33. The highest BCUT2D eigenvalue weighted by molar-refractivity contribution is 6.08. The van der Waals surface area contributed by atoms with Crippen LogP contribution >= 0.6 is 0 Å². The van der Waals surface area contributed by atoms with Crippen molar-refractivity contribution in [3.8, 4) is 0 Å². The molecule has 214 valence electrons. The minimum Gasteiger partial charge on any atom is -0.320 e. The molecule has 0 spiro atoms. The molecular formula is C29H33F2N9O. The maximum absolute atomic E-state index is 14.4. The van der Waals surface area contributed by atoms with Gasteiger partial charge in [0.15, 0.2) is 5.65 Å². The third-order valence-electron chi connectivity index (χ3n) is 8.74. The highest BCUT2D eigenvalue weighted by Gasteiger charge is 2.60. The first-order valence-electron chi connectivity index (χ1n) is 14.3. The van der Waals surface area contributed by atoms with E-state index in [1.807, 2.05) is 18.3 Å². The fourth-order valence-corrected chi connectivity index (χ4v) is 6.64. The van der Waals surface area contributed by atoms with Crippen LogP contribution in [0.15, 0.2) is 37.1 Å². The van der Waals surface area contributed by atoms with E-state index in [4.69, 9.17) is 4.98 Å². The molecule has 3 aliphatic rings. The van der Waals surface area contributed by atoms with Crippen LogP contribution < -0.4 is 5.32 Å². The number of piperidine rings is 1. The lowest BCUT2D eigenvalue weighted by molar-refractivity contribution is -0.116. The summed E-state index contributed by atoms with van der Waals surface area (Å²) >= 11 is 0. The van der Waals surface area contributed by atoms with Crippen LogP contribution in [0.25, 0.3) is 5.65 Å². The number of aryl methyl sites for hydroxylation is 1. The van der Waals surface area contributed by atoms with Crippen LogP contribution in [0.3, 0.4) is 0 Å². The highest BCUT2D eigenvalue weighted by atomic mass is 19.3. The topological polar surface area (TPSA) is 106 Å². The number of halogens is 2. The average Bonchev–Trinajstić information content (AvgIpc) is 3.51. The van der Waals surface area contributed by atoms with Gasteiger partial charge in [0.2, 0.25) is 0 Å². The van der Waals surface area contributed by atoms with Crippen molar-refractivity contribution in [2.75, 3.05) is 18.4 Å². The van der Waals surface area contributed by atoms with Gasteiger partial charge in [0.05, 0.1) is 11.0 Å². The molecule has 2 saturated carbocycles. The van der Waals surface area contributed by atoms with Gasteiger partial charge < -0.3 is 9.88 Å². The van der Waals surface area contributed by atoms with Crippen LogP contribution in [0.1, 0.15) is 84.4 Å². The lowest BCUT2D eigenvalue weighted by Crippen LogP contribution is -2.51. The number of hydrogen-bond acceptors (Lipinski definition) is 7. The Hall–Kier alpha value is -3.80. The number of pyridine rings is 2. The molecule has 7 rings (SSSR count). The number of anilines is 1. The maximum Gasteiger partial charge on any atom is 0.260 e. The van der Waals surface area contributed by atoms with Crippen molar-refractivity contribution in [2.24, 2.45) is 13.0 Å². The van der Waals surface area contributed by atoms with Crippen molar-refractivity contribution in [3.63, 3.8) is 0 Å². The molecule has 4 aromatic heterocycles. The zero-order valence-corrected chi connectivity index (χ0v) is 23.2. The number of alkyl halides is 2. The number of rotatable bonds is 7. The zero-order chi connectivity index (χ0) is 28.4. The molecule has 3 fully saturated rings. The molecule has 1 N–H and O–H groups in total. The van der Waals surface area contributed by atoms with Crippen LogP contribution in [0, 0.1) is 5.92 Å². The molecular weight excluding hydrogens is 528 g/mol. The number of hydrogen-bond donors (Lipinski definition) is 1. The molecule has 2 aliphatic carbocycles. The minimum absolute atomic E-state index is 0.251. The Morgan fingerprint density at radius 1 is 1.10 bits per heavy atom. The van der Waals surface area contributed by atoms with Crippen molar-refractivity contribution in [1.29, 1.82) is 0 Å². The van der Waals surface area contributed by atoms with Crippen LogP contribution in [-0.2, 0) is 19.0 Å². The molecule has 1 saturated heterocycles. The largest absolute Gasteiger partial charge is 0.320 e. The third kappa shape index (κ3) is 4.87. The summed E-state index contributed by atoms with van der Waals surface area (Å²) in [6.45, 7) is 5.05. The molecule has 1 atom stereocenters. The first kappa shape index (κ1) is 26.1. The summed E-state index contributed by atoms with van der Waals surface area (Å²) < 4.78 is 32.3. The summed E-state index contributed by atoms with van der Waals surface area (Å²) in [4.78, 5) is 20.9. The zero-order valence-electron chi connectivity index (χ0n) is 23.2. The number of nitrogens with one attached hydrogen (secondary N) is 1. The van der Waals surface area contributed by atoms with Crippen molar-refractivity contribution >= 4 is 17.4 Å². The van der Waals surface area contributed by atoms with E-state index in [2.05, 4.69) is 37.5 Å². The van der Waals surface area contributed by atoms with Crippen LogP contribution in [0.5, 0.6) is 0 Å². The number of aromatic nitrogens is 7. The van der Waals surface area contributed by atoms with E-state index < -0.39 is 11.3 Å². The monoisotopic (exact) mass is 561 g/mol. The lowest BCUT2D eigenvalue weighted by Gasteiger charge is -2.46. The van der Waals surface area contributed by atoms with Crippen LogP contribution in [-0.4, -0.2) is 64.2 Å². The fraction of sp³-hybridized carbons (Fsp3) is 0.517. The van der Waals surface area contributed by atoms with Gasteiger partial charge in [-0.25, -0.2) is 13.8 Å². The van der Waals surface area contributed by atoms with Gasteiger partial charge in [-0.2, -0.15) is 0 Å². The van der Waals surface area contributed by atoms with E-state index in [1.54, 1.807) is 28.4 Å². The first-order chi connectivity index (χ1) is 19.7. The van der Waals surface area contributed by atoms with Crippen molar-refractivity contribution < 1.29 is 13.6 Å². The molecule has 0 radical (unpaired) electrons. The van der Waals surface area contributed by atoms with Gasteiger partial charge in [-0.15, -0.1) is 20.4 Å². The van der Waals surface area contributed by atoms with E-state index in [1.165, 1.54) is 12.7 Å². The molecule has 0 bridgehead atoms. The SMILES string of the molecule is C[C@H]1CCCN(Cc2cc(C(=O)Nc3cc(C4(c5nncn5C)CC(F)(F)C4)cc(C4CC4)n3)c3nncn3c2)C1. The van der Waals surface area contributed by atoms with Crippen molar-refractivity contribution in [1.82, 2.24) is 39.2 Å². The van der Waals surface area contributed by atoms with Gasteiger partial charge in [0.1, 0.15) is 24.3 Å². The molecule has 1 aliphatic heterocycles. The van der Waals surface area contributed by atoms with E-state index in [0.717, 1.165) is 50.2 Å².